The quantitative estimate of drug-likeness (QED) is 0.797. The van der Waals surface area contributed by atoms with Gasteiger partial charge in [0.25, 0.3) is 5.91 Å². The van der Waals surface area contributed by atoms with Crippen LogP contribution in [0, 0.1) is 6.92 Å². The van der Waals surface area contributed by atoms with Crippen LogP contribution in [0.25, 0.3) is 0 Å². The molecule has 0 aliphatic heterocycles. The summed E-state index contributed by atoms with van der Waals surface area (Å²) in [5.74, 6) is 1.21. The summed E-state index contributed by atoms with van der Waals surface area (Å²) in [6.07, 6.45) is 0. The van der Waals surface area contributed by atoms with E-state index >= 15 is 0 Å². The van der Waals surface area contributed by atoms with Crippen LogP contribution >= 0.6 is 11.6 Å². The topological polar surface area (TPSA) is 47.6 Å². The number of nitrogens with one attached hydrogen (secondary N) is 1. The first-order valence-electron chi connectivity index (χ1n) is 6.98. The molecule has 2 aromatic carbocycles. The highest BCUT2D eigenvalue weighted by molar-refractivity contribution is 6.31. The Kier molecular flexibility index (Phi) is 6.10. The van der Waals surface area contributed by atoms with E-state index in [4.69, 9.17) is 21.1 Å². The second-order valence-corrected chi connectivity index (χ2v) is 5.12. The maximum Gasteiger partial charge on any atom is 0.258 e. The second-order valence-electron chi connectivity index (χ2n) is 4.71. The first-order valence-corrected chi connectivity index (χ1v) is 7.36. The molecule has 0 aliphatic carbocycles. The molecule has 0 bridgehead atoms. The summed E-state index contributed by atoms with van der Waals surface area (Å²) in [5.41, 5.74) is 0.913. The maximum absolute atomic E-state index is 11.7. The first kappa shape index (κ1) is 16.2. The van der Waals surface area contributed by atoms with Crippen LogP contribution in [0.1, 0.15) is 5.56 Å². The van der Waals surface area contributed by atoms with Crippen molar-refractivity contribution in [1.29, 1.82) is 0 Å². The number of ether oxygens (including phenoxy) is 2. The molecule has 0 saturated carbocycles. The van der Waals surface area contributed by atoms with Gasteiger partial charge in [-0.2, -0.15) is 0 Å². The van der Waals surface area contributed by atoms with Gasteiger partial charge in [0.15, 0.2) is 6.61 Å². The van der Waals surface area contributed by atoms with E-state index in [2.05, 4.69) is 5.32 Å². The zero-order chi connectivity index (χ0) is 15.8. The second kappa shape index (κ2) is 8.29. The third kappa shape index (κ3) is 5.30. The van der Waals surface area contributed by atoms with Crippen molar-refractivity contribution in [2.45, 2.75) is 6.92 Å². The zero-order valence-corrected chi connectivity index (χ0v) is 13.1. The fourth-order valence-corrected chi connectivity index (χ4v) is 1.90. The molecule has 1 N–H and O–H groups in total. The smallest absolute Gasteiger partial charge is 0.258 e. The van der Waals surface area contributed by atoms with Gasteiger partial charge < -0.3 is 14.8 Å². The predicted octanol–water partition coefficient (Wildman–Crippen LogP) is 3.22. The Bertz CT molecular complexity index is 617. The summed E-state index contributed by atoms with van der Waals surface area (Å²) in [6, 6.07) is 14.7. The monoisotopic (exact) mass is 319 g/mol. The van der Waals surface area contributed by atoms with E-state index < -0.39 is 0 Å². The molecule has 0 heterocycles. The van der Waals surface area contributed by atoms with E-state index in [9.17, 15) is 4.79 Å². The zero-order valence-electron chi connectivity index (χ0n) is 12.3. The molecule has 0 unspecified atom stereocenters. The molecule has 5 heteroatoms. The van der Waals surface area contributed by atoms with Gasteiger partial charge in [0, 0.05) is 5.02 Å². The van der Waals surface area contributed by atoms with Crippen molar-refractivity contribution < 1.29 is 14.3 Å². The lowest BCUT2D eigenvalue weighted by Crippen LogP contribution is -2.32. The minimum atomic E-state index is -0.190. The number of carbonyl (C=O) groups excluding carboxylic acids is 1. The van der Waals surface area contributed by atoms with Crippen molar-refractivity contribution >= 4 is 17.5 Å². The minimum Gasteiger partial charge on any atom is -0.492 e. The number of aryl methyl sites for hydroxylation is 1. The maximum atomic E-state index is 11.7. The third-order valence-electron chi connectivity index (χ3n) is 2.94. The lowest BCUT2D eigenvalue weighted by atomic mass is 10.2. The number of para-hydroxylation sites is 1. The predicted molar refractivity (Wildman–Crippen MR) is 86.6 cm³/mol. The van der Waals surface area contributed by atoms with Crippen LogP contribution in [0.4, 0.5) is 0 Å². The highest BCUT2D eigenvalue weighted by Gasteiger charge is 2.04. The molecule has 0 saturated heterocycles. The number of carbonyl (C=O) groups is 1. The summed E-state index contributed by atoms with van der Waals surface area (Å²) in [4.78, 5) is 11.7. The average molecular weight is 320 g/mol. The van der Waals surface area contributed by atoms with Gasteiger partial charge in [0.1, 0.15) is 18.1 Å². The Hall–Kier alpha value is -2.20. The van der Waals surface area contributed by atoms with Crippen molar-refractivity contribution in [2.75, 3.05) is 19.8 Å². The lowest BCUT2D eigenvalue weighted by molar-refractivity contribution is -0.123. The minimum absolute atomic E-state index is 0.0353. The molecule has 0 spiro atoms. The Balaban J connectivity index is 1.64. The first-order chi connectivity index (χ1) is 10.6. The molecule has 0 aromatic heterocycles. The SMILES string of the molecule is Cc1cc(OCC(=O)NCCOc2ccccc2)ccc1Cl. The van der Waals surface area contributed by atoms with Crippen LogP contribution in [-0.2, 0) is 4.79 Å². The van der Waals surface area contributed by atoms with Gasteiger partial charge in [-0.05, 0) is 42.8 Å². The van der Waals surface area contributed by atoms with Gasteiger partial charge in [-0.1, -0.05) is 29.8 Å². The fraction of sp³-hybridized carbons (Fsp3) is 0.235. The largest absolute Gasteiger partial charge is 0.492 e. The molecule has 22 heavy (non-hydrogen) atoms. The van der Waals surface area contributed by atoms with Gasteiger partial charge in [-0.15, -0.1) is 0 Å². The number of hydrogen-bond acceptors (Lipinski definition) is 3. The van der Waals surface area contributed by atoms with Crippen LogP contribution in [0.3, 0.4) is 0 Å². The Labute approximate surface area is 135 Å². The van der Waals surface area contributed by atoms with Crippen molar-refractivity contribution in [3.63, 3.8) is 0 Å². The Morgan fingerprint density at radius 1 is 1.09 bits per heavy atom. The highest BCUT2D eigenvalue weighted by atomic mass is 35.5. The van der Waals surface area contributed by atoms with E-state index in [1.807, 2.05) is 37.3 Å². The van der Waals surface area contributed by atoms with Crippen LogP contribution in [0.5, 0.6) is 11.5 Å². The molecule has 2 rings (SSSR count). The summed E-state index contributed by atoms with van der Waals surface area (Å²) in [5, 5.41) is 3.41. The molecule has 4 nitrogen and oxygen atoms in total. The van der Waals surface area contributed by atoms with E-state index in [0.29, 0.717) is 23.9 Å². The van der Waals surface area contributed by atoms with Crippen molar-refractivity contribution in [3.8, 4) is 11.5 Å². The van der Waals surface area contributed by atoms with E-state index in [1.54, 1.807) is 18.2 Å². The van der Waals surface area contributed by atoms with Gasteiger partial charge in [-0.3, -0.25) is 4.79 Å². The van der Waals surface area contributed by atoms with Gasteiger partial charge in [-0.25, -0.2) is 0 Å². The molecular weight excluding hydrogens is 302 g/mol. The molecule has 0 fully saturated rings. The summed E-state index contributed by atoms with van der Waals surface area (Å²) in [7, 11) is 0. The van der Waals surface area contributed by atoms with Crippen molar-refractivity contribution in [1.82, 2.24) is 5.32 Å². The van der Waals surface area contributed by atoms with Crippen molar-refractivity contribution in [2.24, 2.45) is 0 Å². The number of hydrogen-bond donors (Lipinski definition) is 1. The van der Waals surface area contributed by atoms with Gasteiger partial charge in [0.2, 0.25) is 0 Å². The average Bonchev–Trinajstić information content (AvgIpc) is 2.54. The normalized spacial score (nSPS) is 10.1. The molecule has 116 valence electrons. The number of amides is 1. The summed E-state index contributed by atoms with van der Waals surface area (Å²) in [6.45, 7) is 2.69. The van der Waals surface area contributed by atoms with Gasteiger partial charge >= 0.3 is 0 Å². The standard InChI is InChI=1S/C17H18ClNO3/c1-13-11-15(7-8-16(13)18)22-12-17(20)19-9-10-21-14-5-3-2-4-6-14/h2-8,11H,9-10,12H2,1H3,(H,19,20). The molecule has 2 aromatic rings. The third-order valence-corrected chi connectivity index (χ3v) is 3.36. The van der Waals surface area contributed by atoms with Crippen molar-refractivity contribution in [3.05, 3.63) is 59.1 Å². The van der Waals surface area contributed by atoms with Crippen LogP contribution < -0.4 is 14.8 Å². The van der Waals surface area contributed by atoms with E-state index in [0.717, 1.165) is 11.3 Å². The van der Waals surface area contributed by atoms with E-state index in [-0.39, 0.29) is 12.5 Å². The Morgan fingerprint density at radius 2 is 1.86 bits per heavy atom. The Morgan fingerprint density at radius 3 is 2.59 bits per heavy atom. The summed E-state index contributed by atoms with van der Waals surface area (Å²) >= 11 is 5.93. The number of rotatable bonds is 7. The number of benzene rings is 2. The molecular formula is C17H18ClNO3. The summed E-state index contributed by atoms with van der Waals surface area (Å²) < 4.78 is 10.9. The lowest BCUT2D eigenvalue weighted by Gasteiger charge is -2.09. The van der Waals surface area contributed by atoms with Gasteiger partial charge in [0.05, 0.1) is 6.54 Å². The molecule has 0 atom stereocenters. The number of halogens is 1. The fourth-order valence-electron chi connectivity index (χ4n) is 1.78. The van der Waals surface area contributed by atoms with Crippen LogP contribution in [0.2, 0.25) is 5.02 Å². The van der Waals surface area contributed by atoms with Crippen LogP contribution in [-0.4, -0.2) is 25.7 Å². The van der Waals surface area contributed by atoms with Crippen LogP contribution in [0.15, 0.2) is 48.5 Å². The molecule has 0 aliphatic rings. The molecule has 0 radical (unpaired) electrons. The van der Waals surface area contributed by atoms with E-state index in [1.165, 1.54) is 0 Å². The highest BCUT2D eigenvalue weighted by Crippen LogP contribution is 2.20. The molecule has 1 amide bonds.